The molecule has 1 fully saturated rings. The summed E-state index contributed by atoms with van der Waals surface area (Å²) < 4.78 is 0. The summed E-state index contributed by atoms with van der Waals surface area (Å²) in [4.78, 5) is 2.60. The van der Waals surface area contributed by atoms with Crippen LogP contribution in [0.3, 0.4) is 0 Å². The molecule has 0 aromatic carbocycles. The zero-order valence-electron chi connectivity index (χ0n) is 11.3. The van der Waals surface area contributed by atoms with Gasteiger partial charge >= 0.3 is 0 Å². The summed E-state index contributed by atoms with van der Waals surface area (Å²) in [5.41, 5.74) is 6.30. The van der Waals surface area contributed by atoms with Crippen molar-refractivity contribution < 1.29 is 0 Å². The zero-order valence-corrected chi connectivity index (χ0v) is 11.3. The van der Waals surface area contributed by atoms with Gasteiger partial charge in [-0.05, 0) is 38.5 Å². The van der Waals surface area contributed by atoms with E-state index in [9.17, 15) is 0 Å². The van der Waals surface area contributed by atoms with Crippen molar-refractivity contribution in [2.75, 3.05) is 13.1 Å². The molecule has 1 heterocycles. The number of hydrogen-bond donors (Lipinski definition) is 1. The smallest absolute Gasteiger partial charge is 0.0161 e. The maximum absolute atomic E-state index is 6.24. The highest BCUT2D eigenvalue weighted by molar-refractivity contribution is 4.94. The Bertz CT molecular complexity index is 215. The fourth-order valence-corrected chi connectivity index (χ4v) is 2.32. The van der Waals surface area contributed by atoms with E-state index in [1.807, 2.05) is 0 Å². The van der Waals surface area contributed by atoms with Gasteiger partial charge in [0.15, 0.2) is 0 Å². The molecule has 90 valence electrons. The molecule has 2 N–H and O–H groups in total. The third kappa shape index (κ3) is 2.94. The van der Waals surface area contributed by atoms with Crippen LogP contribution in [0.2, 0.25) is 0 Å². The van der Waals surface area contributed by atoms with Crippen LogP contribution < -0.4 is 5.73 Å². The lowest BCUT2D eigenvalue weighted by Crippen LogP contribution is -2.53. The SMILES string of the molecule is CC1CC(C)N(CC(C)(C)C(C)(C)N)C1. The molecule has 0 bridgehead atoms. The molecular weight excluding hydrogens is 184 g/mol. The standard InChI is InChI=1S/C13H28N2/c1-10-7-11(2)15(8-10)9-12(3,4)13(5,6)14/h10-11H,7-9,14H2,1-6H3. The molecule has 1 rings (SSSR count). The number of nitrogens with two attached hydrogens (primary N) is 1. The molecule has 0 spiro atoms. The van der Waals surface area contributed by atoms with E-state index in [2.05, 4.69) is 46.4 Å². The minimum absolute atomic E-state index is 0.113. The number of hydrogen-bond acceptors (Lipinski definition) is 2. The van der Waals surface area contributed by atoms with Crippen molar-refractivity contribution >= 4 is 0 Å². The molecule has 0 amide bonds. The summed E-state index contributed by atoms with van der Waals surface area (Å²) in [5.74, 6) is 0.844. The van der Waals surface area contributed by atoms with Crippen LogP contribution in [0.1, 0.15) is 48.0 Å². The van der Waals surface area contributed by atoms with E-state index in [1.54, 1.807) is 0 Å². The van der Waals surface area contributed by atoms with Crippen molar-refractivity contribution in [2.45, 2.75) is 59.5 Å². The topological polar surface area (TPSA) is 29.3 Å². The molecular formula is C13H28N2. The quantitative estimate of drug-likeness (QED) is 0.779. The molecule has 1 aliphatic rings. The van der Waals surface area contributed by atoms with Crippen LogP contribution in [0, 0.1) is 11.3 Å². The van der Waals surface area contributed by atoms with Crippen molar-refractivity contribution in [1.29, 1.82) is 0 Å². The molecule has 2 unspecified atom stereocenters. The highest BCUT2D eigenvalue weighted by Gasteiger charge is 2.38. The third-order valence-corrected chi connectivity index (χ3v) is 4.26. The summed E-state index contributed by atoms with van der Waals surface area (Å²) in [5, 5.41) is 0. The second-order valence-corrected chi connectivity index (χ2v) is 6.72. The Hall–Kier alpha value is -0.0800. The molecule has 0 radical (unpaired) electrons. The normalized spacial score (nSPS) is 29.8. The molecule has 15 heavy (non-hydrogen) atoms. The van der Waals surface area contributed by atoms with Crippen LogP contribution in [0.15, 0.2) is 0 Å². The second-order valence-electron chi connectivity index (χ2n) is 6.72. The Balaban J connectivity index is 2.62. The van der Waals surface area contributed by atoms with Gasteiger partial charge in [0, 0.05) is 24.7 Å². The Morgan fingerprint density at radius 2 is 1.73 bits per heavy atom. The molecule has 0 aliphatic carbocycles. The van der Waals surface area contributed by atoms with E-state index in [1.165, 1.54) is 13.0 Å². The van der Waals surface area contributed by atoms with E-state index in [-0.39, 0.29) is 11.0 Å². The molecule has 2 heteroatoms. The van der Waals surface area contributed by atoms with E-state index in [4.69, 9.17) is 5.73 Å². The molecule has 0 aromatic heterocycles. The van der Waals surface area contributed by atoms with Gasteiger partial charge in [0.05, 0.1) is 0 Å². The third-order valence-electron chi connectivity index (χ3n) is 4.26. The maximum atomic E-state index is 6.24. The van der Waals surface area contributed by atoms with Crippen molar-refractivity contribution in [3.05, 3.63) is 0 Å². The minimum atomic E-state index is -0.113. The van der Waals surface area contributed by atoms with Crippen molar-refractivity contribution in [2.24, 2.45) is 17.1 Å². The van der Waals surface area contributed by atoms with Crippen molar-refractivity contribution in [3.63, 3.8) is 0 Å². The molecule has 1 aliphatic heterocycles. The van der Waals surface area contributed by atoms with Crippen LogP contribution >= 0.6 is 0 Å². The van der Waals surface area contributed by atoms with Crippen LogP contribution in [-0.4, -0.2) is 29.6 Å². The predicted molar refractivity (Wildman–Crippen MR) is 66.9 cm³/mol. The van der Waals surface area contributed by atoms with Gasteiger partial charge in [-0.3, -0.25) is 4.90 Å². The van der Waals surface area contributed by atoms with Gasteiger partial charge in [-0.1, -0.05) is 20.8 Å². The molecule has 2 nitrogen and oxygen atoms in total. The molecule has 0 saturated carbocycles. The number of likely N-dealkylation sites (tertiary alicyclic amines) is 1. The lowest BCUT2D eigenvalue weighted by molar-refractivity contribution is 0.108. The van der Waals surface area contributed by atoms with Crippen LogP contribution in [0.4, 0.5) is 0 Å². The van der Waals surface area contributed by atoms with E-state index in [0.29, 0.717) is 0 Å². The average Bonchev–Trinajstić information content (AvgIpc) is 2.26. The van der Waals surface area contributed by atoms with Gasteiger partial charge in [-0.25, -0.2) is 0 Å². The van der Waals surface area contributed by atoms with Gasteiger partial charge in [0.2, 0.25) is 0 Å². The summed E-state index contributed by atoms with van der Waals surface area (Å²) in [6, 6.07) is 0.724. The highest BCUT2D eigenvalue weighted by atomic mass is 15.2. The van der Waals surface area contributed by atoms with Gasteiger partial charge < -0.3 is 5.73 Å². The van der Waals surface area contributed by atoms with Gasteiger partial charge in [-0.2, -0.15) is 0 Å². The fourth-order valence-electron chi connectivity index (χ4n) is 2.32. The predicted octanol–water partition coefficient (Wildman–Crippen LogP) is 2.48. The summed E-state index contributed by atoms with van der Waals surface area (Å²) in [6.45, 7) is 15.9. The summed E-state index contributed by atoms with van der Waals surface area (Å²) in [7, 11) is 0. The fraction of sp³-hybridized carbons (Fsp3) is 1.00. The van der Waals surface area contributed by atoms with Crippen molar-refractivity contribution in [1.82, 2.24) is 4.90 Å². The minimum Gasteiger partial charge on any atom is -0.325 e. The number of nitrogens with zero attached hydrogens (tertiary/aromatic N) is 1. The van der Waals surface area contributed by atoms with E-state index >= 15 is 0 Å². The first kappa shape index (κ1) is 13.0. The lowest BCUT2D eigenvalue weighted by Gasteiger charge is -2.42. The molecule has 2 atom stereocenters. The number of rotatable bonds is 3. The second kappa shape index (κ2) is 4.06. The lowest BCUT2D eigenvalue weighted by atomic mass is 9.75. The molecule has 0 aromatic rings. The van der Waals surface area contributed by atoms with Gasteiger partial charge in [0.1, 0.15) is 0 Å². The van der Waals surface area contributed by atoms with E-state index < -0.39 is 0 Å². The Morgan fingerprint density at radius 3 is 2.07 bits per heavy atom. The first-order chi connectivity index (χ1) is 6.63. The van der Waals surface area contributed by atoms with E-state index in [0.717, 1.165) is 18.5 Å². The van der Waals surface area contributed by atoms with Gasteiger partial charge in [0.25, 0.3) is 0 Å². The highest BCUT2D eigenvalue weighted by Crippen LogP contribution is 2.33. The zero-order chi connectivity index (χ0) is 11.9. The van der Waals surface area contributed by atoms with Crippen LogP contribution in [0.25, 0.3) is 0 Å². The van der Waals surface area contributed by atoms with Gasteiger partial charge in [-0.15, -0.1) is 0 Å². The Kier molecular flexibility index (Phi) is 3.52. The Morgan fingerprint density at radius 1 is 1.20 bits per heavy atom. The largest absolute Gasteiger partial charge is 0.325 e. The average molecular weight is 212 g/mol. The maximum Gasteiger partial charge on any atom is 0.0161 e. The first-order valence-electron chi connectivity index (χ1n) is 6.16. The molecule has 1 saturated heterocycles. The van der Waals surface area contributed by atoms with Crippen LogP contribution in [0.5, 0.6) is 0 Å². The first-order valence-corrected chi connectivity index (χ1v) is 6.16. The van der Waals surface area contributed by atoms with Crippen LogP contribution in [-0.2, 0) is 0 Å². The summed E-state index contributed by atoms with van der Waals surface area (Å²) >= 11 is 0. The Labute approximate surface area is 95.2 Å². The summed E-state index contributed by atoms with van der Waals surface area (Å²) in [6.07, 6.45) is 1.33. The monoisotopic (exact) mass is 212 g/mol. The van der Waals surface area contributed by atoms with Crippen molar-refractivity contribution in [3.8, 4) is 0 Å².